The van der Waals surface area contributed by atoms with Crippen molar-refractivity contribution in [3.05, 3.63) is 65.7 Å². The number of ether oxygens (including phenoxy) is 1. The fraction of sp³-hybridized carbons (Fsp3) is 0.316. The van der Waals surface area contributed by atoms with Gasteiger partial charge in [-0.05, 0) is 36.2 Å². The van der Waals surface area contributed by atoms with Gasteiger partial charge in [-0.2, -0.15) is 16.1 Å². The van der Waals surface area contributed by atoms with Crippen LogP contribution in [-0.2, 0) is 14.8 Å². The molecule has 138 valence electrons. The molecule has 0 bridgehead atoms. The fourth-order valence-electron chi connectivity index (χ4n) is 2.95. The molecule has 1 saturated heterocycles. The minimum atomic E-state index is -3.57. The number of thioether (sulfide) groups is 1. The van der Waals surface area contributed by atoms with Crippen molar-refractivity contribution >= 4 is 27.8 Å². The molecule has 0 spiro atoms. The molecule has 1 atom stereocenters. The first kappa shape index (κ1) is 18.9. The van der Waals surface area contributed by atoms with Crippen molar-refractivity contribution in [1.82, 2.24) is 4.31 Å². The van der Waals surface area contributed by atoms with Gasteiger partial charge >= 0.3 is 5.97 Å². The minimum Gasteiger partial charge on any atom is -0.465 e. The lowest BCUT2D eigenvalue weighted by Crippen LogP contribution is -2.33. The van der Waals surface area contributed by atoms with Crippen molar-refractivity contribution in [1.29, 1.82) is 0 Å². The second-order valence-electron chi connectivity index (χ2n) is 5.98. The standard InChI is InChI=1S/C19H21NO4S2/c1-24-19(21)16-7-9-17(10-8-16)26(22,23)20-12-11-18(25-14-13-20)15-5-3-2-4-6-15/h2-10,18H,11-14H2,1H3/t18-/m0/s1. The lowest BCUT2D eigenvalue weighted by Gasteiger charge is -2.20. The van der Waals surface area contributed by atoms with Crippen LogP contribution in [0.4, 0.5) is 0 Å². The highest BCUT2D eigenvalue weighted by Gasteiger charge is 2.28. The SMILES string of the molecule is COC(=O)c1ccc(S(=O)(=O)N2CCS[C@H](c3ccccc3)CC2)cc1. The van der Waals surface area contributed by atoms with Crippen molar-refractivity contribution in [3.8, 4) is 0 Å². The van der Waals surface area contributed by atoms with E-state index >= 15 is 0 Å². The van der Waals surface area contributed by atoms with Crippen LogP contribution in [0, 0.1) is 0 Å². The van der Waals surface area contributed by atoms with Crippen LogP contribution >= 0.6 is 11.8 Å². The second-order valence-corrected chi connectivity index (χ2v) is 9.23. The third-order valence-corrected chi connectivity index (χ3v) is 7.63. The van der Waals surface area contributed by atoms with E-state index in [-0.39, 0.29) is 4.90 Å². The molecule has 0 N–H and O–H groups in total. The normalized spacial score (nSPS) is 18.9. The van der Waals surface area contributed by atoms with Crippen molar-refractivity contribution in [2.45, 2.75) is 16.6 Å². The molecular formula is C19H21NO4S2. The van der Waals surface area contributed by atoms with Crippen LogP contribution < -0.4 is 0 Å². The van der Waals surface area contributed by atoms with Gasteiger partial charge in [-0.3, -0.25) is 0 Å². The van der Waals surface area contributed by atoms with E-state index in [0.717, 1.165) is 12.2 Å². The summed E-state index contributed by atoms with van der Waals surface area (Å²) in [7, 11) is -2.28. The molecule has 1 fully saturated rings. The zero-order valence-electron chi connectivity index (χ0n) is 14.5. The van der Waals surface area contributed by atoms with Crippen LogP contribution in [0.25, 0.3) is 0 Å². The molecule has 5 nitrogen and oxygen atoms in total. The first-order chi connectivity index (χ1) is 12.5. The summed E-state index contributed by atoms with van der Waals surface area (Å²) in [5.41, 5.74) is 1.57. The van der Waals surface area contributed by atoms with Gasteiger partial charge in [-0.1, -0.05) is 30.3 Å². The van der Waals surface area contributed by atoms with E-state index < -0.39 is 16.0 Å². The van der Waals surface area contributed by atoms with E-state index in [4.69, 9.17) is 0 Å². The maximum Gasteiger partial charge on any atom is 0.337 e. The molecule has 1 heterocycles. The largest absolute Gasteiger partial charge is 0.465 e. The maximum atomic E-state index is 12.9. The van der Waals surface area contributed by atoms with Gasteiger partial charge in [0.15, 0.2) is 0 Å². The van der Waals surface area contributed by atoms with E-state index in [9.17, 15) is 13.2 Å². The Hall–Kier alpha value is -1.83. The Kier molecular flexibility index (Phi) is 6.01. The molecule has 0 aliphatic carbocycles. The van der Waals surface area contributed by atoms with Crippen molar-refractivity contribution in [2.24, 2.45) is 0 Å². The molecule has 1 aliphatic heterocycles. The fourth-order valence-corrected chi connectivity index (χ4v) is 5.76. The third-order valence-electron chi connectivity index (χ3n) is 4.38. The van der Waals surface area contributed by atoms with Gasteiger partial charge in [0.2, 0.25) is 10.0 Å². The number of hydrogen-bond acceptors (Lipinski definition) is 5. The number of esters is 1. The van der Waals surface area contributed by atoms with Gasteiger partial charge in [0.05, 0.1) is 17.6 Å². The summed E-state index contributed by atoms with van der Waals surface area (Å²) in [6.07, 6.45) is 0.772. The van der Waals surface area contributed by atoms with Gasteiger partial charge in [0.25, 0.3) is 0 Å². The summed E-state index contributed by atoms with van der Waals surface area (Å²) in [6, 6.07) is 16.1. The topological polar surface area (TPSA) is 63.7 Å². The quantitative estimate of drug-likeness (QED) is 0.748. The predicted molar refractivity (Wildman–Crippen MR) is 103 cm³/mol. The minimum absolute atomic E-state index is 0.202. The van der Waals surface area contributed by atoms with Gasteiger partial charge in [0, 0.05) is 24.1 Å². The number of nitrogens with zero attached hydrogens (tertiary/aromatic N) is 1. The molecule has 26 heavy (non-hydrogen) atoms. The van der Waals surface area contributed by atoms with Gasteiger partial charge in [-0.15, -0.1) is 0 Å². The van der Waals surface area contributed by atoms with Crippen LogP contribution in [0.1, 0.15) is 27.6 Å². The van der Waals surface area contributed by atoms with E-state index in [1.807, 2.05) is 18.2 Å². The molecule has 0 aromatic heterocycles. The highest BCUT2D eigenvalue weighted by molar-refractivity contribution is 7.99. The Labute approximate surface area is 158 Å². The van der Waals surface area contributed by atoms with Crippen LogP contribution in [0.5, 0.6) is 0 Å². The van der Waals surface area contributed by atoms with Crippen LogP contribution in [-0.4, -0.2) is 44.6 Å². The van der Waals surface area contributed by atoms with Crippen molar-refractivity contribution < 1.29 is 17.9 Å². The number of benzene rings is 2. The maximum absolute atomic E-state index is 12.9. The van der Waals surface area contributed by atoms with Gasteiger partial charge < -0.3 is 4.74 Å². The lowest BCUT2D eigenvalue weighted by atomic mass is 10.1. The van der Waals surface area contributed by atoms with E-state index in [0.29, 0.717) is 23.9 Å². The van der Waals surface area contributed by atoms with E-state index in [1.165, 1.54) is 41.2 Å². The summed E-state index contributed by atoms with van der Waals surface area (Å²) in [6.45, 7) is 0.961. The number of carbonyl (C=O) groups excluding carboxylic acids is 1. The van der Waals surface area contributed by atoms with Crippen molar-refractivity contribution in [3.63, 3.8) is 0 Å². The molecule has 7 heteroatoms. The summed E-state index contributed by atoms with van der Waals surface area (Å²) in [4.78, 5) is 11.7. The second kappa shape index (κ2) is 8.24. The number of sulfonamides is 1. The van der Waals surface area contributed by atoms with Crippen molar-refractivity contribution in [2.75, 3.05) is 26.0 Å². The zero-order valence-corrected chi connectivity index (χ0v) is 16.1. The smallest absolute Gasteiger partial charge is 0.337 e. The Morgan fingerprint density at radius 2 is 1.77 bits per heavy atom. The Morgan fingerprint density at radius 1 is 1.08 bits per heavy atom. The molecule has 3 rings (SSSR count). The Morgan fingerprint density at radius 3 is 2.42 bits per heavy atom. The molecule has 0 unspecified atom stereocenters. The molecule has 2 aromatic carbocycles. The molecular weight excluding hydrogens is 370 g/mol. The van der Waals surface area contributed by atoms with Gasteiger partial charge in [0.1, 0.15) is 0 Å². The first-order valence-electron chi connectivity index (χ1n) is 8.37. The molecule has 0 amide bonds. The van der Waals surface area contributed by atoms with E-state index in [2.05, 4.69) is 16.9 Å². The van der Waals surface area contributed by atoms with Crippen LogP contribution in [0.15, 0.2) is 59.5 Å². The van der Waals surface area contributed by atoms with Crippen LogP contribution in [0.3, 0.4) is 0 Å². The number of hydrogen-bond donors (Lipinski definition) is 0. The third kappa shape index (κ3) is 4.11. The van der Waals surface area contributed by atoms with Crippen LogP contribution in [0.2, 0.25) is 0 Å². The summed E-state index contributed by atoms with van der Waals surface area (Å²) >= 11 is 1.79. The average Bonchev–Trinajstić information content (AvgIpc) is 2.95. The Balaban J connectivity index is 1.74. The van der Waals surface area contributed by atoms with E-state index in [1.54, 1.807) is 11.8 Å². The zero-order chi connectivity index (χ0) is 18.6. The number of carbonyl (C=O) groups is 1. The monoisotopic (exact) mass is 391 g/mol. The lowest BCUT2D eigenvalue weighted by molar-refractivity contribution is 0.0600. The highest BCUT2D eigenvalue weighted by Crippen LogP contribution is 2.35. The summed E-state index contributed by atoms with van der Waals surface area (Å²) < 4.78 is 32.1. The first-order valence-corrected chi connectivity index (χ1v) is 10.9. The molecule has 0 radical (unpaired) electrons. The summed E-state index contributed by atoms with van der Waals surface area (Å²) in [5, 5.41) is 0.304. The molecule has 0 saturated carbocycles. The molecule has 2 aromatic rings. The average molecular weight is 392 g/mol. The Bertz CT molecular complexity index is 851. The predicted octanol–water partition coefficient (Wildman–Crippen LogP) is 3.34. The number of methoxy groups -OCH3 is 1. The summed E-state index contributed by atoms with van der Waals surface area (Å²) in [5.74, 6) is 0.268. The number of rotatable bonds is 4. The molecule has 1 aliphatic rings. The highest BCUT2D eigenvalue weighted by atomic mass is 32.2. The van der Waals surface area contributed by atoms with Gasteiger partial charge in [-0.25, -0.2) is 13.2 Å².